The summed E-state index contributed by atoms with van der Waals surface area (Å²) in [4.78, 5) is 25.9. The van der Waals surface area contributed by atoms with Crippen molar-refractivity contribution in [2.24, 2.45) is 4.99 Å². The first-order valence-electron chi connectivity index (χ1n) is 11.1. The first-order valence-corrected chi connectivity index (χ1v) is 11.4. The van der Waals surface area contributed by atoms with Crippen molar-refractivity contribution in [2.75, 3.05) is 31.6 Å². The van der Waals surface area contributed by atoms with E-state index in [1.807, 2.05) is 34.9 Å². The molecule has 2 aromatic heterocycles. The topological polar surface area (TPSA) is 75.8 Å². The molecule has 176 valence electrons. The number of pyridine rings is 1. The minimum Gasteiger partial charge on any atom is -0.495 e. The lowest BCUT2D eigenvalue weighted by atomic mass is 10.1. The smallest absolute Gasteiger partial charge is 0.244 e. The van der Waals surface area contributed by atoms with Gasteiger partial charge in [-0.3, -0.25) is 9.79 Å². The van der Waals surface area contributed by atoms with Gasteiger partial charge in [0.15, 0.2) is 5.65 Å². The molecule has 1 fully saturated rings. The van der Waals surface area contributed by atoms with Crippen LogP contribution in [0.15, 0.2) is 47.7 Å². The highest BCUT2D eigenvalue weighted by molar-refractivity contribution is 6.32. The Labute approximate surface area is 201 Å². The van der Waals surface area contributed by atoms with Crippen LogP contribution in [0.25, 0.3) is 11.0 Å². The molecule has 2 aliphatic rings. The van der Waals surface area contributed by atoms with Gasteiger partial charge in [0, 0.05) is 55.9 Å². The molecule has 1 atom stereocenters. The maximum absolute atomic E-state index is 14.6. The van der Waals surface area contributed by atoms with Crippen LogP contribution in [-0.2, 0) is 11.3 Å². The standard InChI is InChI=1S/C24H24ClFN6O2/c1-15-13-30(20-12-21(34-2)17(25)11-18(20)26)9-10-31(15)22(33)14-32-24-16(5-3-8-28-24)23(29-32)19-6-4-7-27-19/h3-5,7-8,11-12,15H,6,9-10,13-14H2,1-2H3. The number of aromatic nitrogens is 3. The number of ether oxygens (including phenoxy) is 1. The number of fused-ring (bicyclic) bond motifs is 1. The van der Waals surface area contributed by atoms with Gasteiger partial charge in [0.05, 0.1) is 23.5 Å². The van der Waals surface area contributed by atoms with Crippen molar-refractivity contribution in [3.05, 3.63) is 59.3 Å². The Morgan fingerprint density at radius 2 is 2.18 bits per heavy atom. The van der Waals surface area contributed by atoms with E-state index in [1.165, 1.54) is 13.2 Å². The molecule has 0 N–H and O–H groups in total. The van der Waals surface area contributed by atoms with Crippen molar-refractivity contribution in [3.63, 3.8) is 0 Å². The number of aliphatic imine (C=N–C) groups is 1. The summed E-state index contributed by atoms with van der Waals surface area (Å²) in [6.07, 6.45) is 6.14. The molecule has 5 rings (SSSR count). The summed E-state index contributed by atoms with van der Waals surface area (Å²) in [5.41, 5.74) is 2.69. The lowest BCUT2D eigenvalue weighted by Crippen LogP contribution is -2.55. The number of amides is 1. The molecule has 10 heteroatoms. The summed E-state index contributed by atoms with van der Waals surface area (Å²) < 4.78 is 21.5. The molecule has 0 aliphatic carbocycles. The zero-order chi connectivity index (χ0) is 23.8. The molecule has 8 nitrogen and oxygen atoms in total. The van der Waals surface area contributed by atoms with Crippen LogP contribution in [0.4, 0.5) is 10.1 Å². The highest BCUT2D eigenvalue weighted by Gasteiger charge is 2.30. The van der Waals surface area contributed by atoms with Crippen molar-refractivity contribution < 1.29 is 13.9 Å². The molecule has 2 aliphatic heterocycles. The van der Waals surface area contributed by atoms with E-state index in [9.17, 15) is 9.18 Å². The third-order valence-electron chi connectivity index (χ3n) is 6.22. The summed E-state index contributed by atoms with van der Waals surface area (Å²) in [5, 5.41) is 5.79. The van der Waals surface area contributed by atoms with Gasteiger partial charge in [0.25, 0.3) is 0 Å². The summed E-state index contributed by atoms with van der Waals surface area (Å²) in [6, 6.07) is 6.54. The van der Waals surface area contributed by atoms with Gasteiger partial charge < -0.3 is 14.5 Å². The van der Waals surface area contributed by atoms with Crippen LogP contribution in [0.3, 0.4) is 0 Å². The minimum atomic E-state index is -0.413. The van der Waals surface area contributed by atoms with Gasteiger partial charge in [0.1, 0.15) is 23.8 Å². The third kappa shape index (κ3) is 4.00. The van der Waals surface area contributed by atoms with Gasteiger partial charge in [-0.05, 0) is 25.1 Å². The lowest BCUT2D eigenvalue weighted by molar-refractivity contribution is -0.134. The number of nitrogens with zero attached hydrogens (tertiary/aromatic N) is 6. The highest BCUT2D eigenvalue weighted by Crippen LogP contribution is 2.33. The second-order valence-corrected chi connectivity index (χ2v) is 8.77. The fraction of sp³-hybridized carbons (Fsp3) is 0.333. The van der Waals surface area contributed by atoms with Gasteiger partial charge in [-0.2, -0.15) is 5.10 Å². The second kappa shape index (κ2) is 9.06. The fourth-order valence-corrected chi connectivity index (χ4v) is 4.76. The molecular weight excluding hydrogens is 459 g/mol. The van der Waals surface area contributed by atoms with Crippen molar-refractivity contribution in [1.82, 2.24) is 19.7 Å². The molecule has 3 aromatic rings. The number of hydrogen-bond acceptors (Lipinski definition) is 6. The van der Waals surface area contributed by atoms with Crippen LogP contribution in [0.1, 0.15) is 19.0 Å². The largest absolute Gasteiger partial charge is 0.495 e. The highest BCUT2D eigenvalue weighted by atomic mass is 35.5. The molecule has 1 amide bonds. The molecular formula is C24H24ClFN6O2. The summed E-state index contributed by atoms with van der Waals surface area (Å²) in [6.45, 7) is 3.46. The Bertz CT molecular complexity index is 1320. The summed E-state index contributed by atoms with van der Waals surface area (Å²) in [7, 11) is 1.50. The summed E-state index contributed by atoms with van der Waals surface area (Å²) in [5.74, 6) is -0.0572. The van der Waals surface area contributed by atoms with Crippen LogP contribution in [0, 0.1) is 5.82 Å². The number of benzene rings is 1. The monoisotopic (exact) mass is 482 g/mol. The maximum atomic E-state index is 14.6. The number of methoxy groups -OCH3 is 1. The number of carbonyl (C=O) groups is 1. The Kier molecular flexibility index (Phi) is 5.95. The number of hydrogen-bond donors (Lipinski definition) is 0. The van der Waals surface area contributed by atoms with Crippen LogP contribution >= 0.6 is 11.6 Å². The van der Waals surface area contributed by atoms with Crippen molar-refractivity contribution in [3.8, 4) is 5.75 Å². The third-order valence-corrected chi connectivity index (χ3v) is 6.52. The van der Waals surface area contributed by atoms with Gasteiger partial charge >= 0.3 is 0 Å². The molecule has 1 unspecified atom stereocenters. The van der Waals surface area contributed by atoms with E-state index < -0.39 is 5.82 Å². The first kappa shape index (κ1) is 22.3. The van der Waals surface area contributed by atoms with E-state index in [1.54, 1.807) is 23.1 Å². The lowest BCUT2D eigenvalue weighted by Gasteiger charge is -2.41. The number of piperazine rings is 1. The Hall–Kier alpha value is -3.46. The van der Waals surface area contributed by atoms with E-state index in [-0.39, 0.29) is 23.5 Å². The average molecular weight is 483 g/mol. The van der Waals surface area contributed by atoms with Crippen molar-refractivity contribution >= 4 is 39.9 Å². The zero-order valence-electron chi connectivity index (χ0n) is 18.9. The van der Waals surface area contributed by atoms with E-state index in [2.05, 4.69) is 15.1 Å². The molecule has 4 heterocycles. The van der Waals surface area contributed by atoms with Gasteiger partial charge in [-0.15, -0.1) is 0 Å². The molecule has 0 radical (unpaired) electrons. The van der Waals surface area contributed by atoms with Crippen molar-refractivity contribution in [2.45, 2.75) is 25.9 Å². The SMILES string of the molecule is COc1cc(N2CCN(C(=O)Cn3nc(C4=NC=CC4)c4cccnc43)C(C)C2)c(F)cc1Cl. The number of carbonyl (C=O) groups excluding carboxylic acids is 1. The van der Waals surface area contributed by atoms with E-state index in [0.717, 1.165) is 16.8 Å². The predicted octanol–water partition coefficient (Wildman–Crippen LogP) is 3.68. The number of rotatable bonds is 5. The Balaban J connectivity index is 1.33. The fourth-order valence-electron chi connectivity index (χ4n) is 4.53. The van der Waals surface area contributed by atoms with Crippen molar-refractivity contribution in [1.29, 1.82) is 0 Å². The molecule has 1 saturated heterocycles. The molecule has 0 spiro atoms. The normalized spacial score (nSPS) is 18.0. The molecule has 0 bridgehead atoms. The van der Waals surface area contributed by atoms with Crippen LogP contribution in [0.5, 0.6) is 5.75 Å². The minimum absolute atomic E-state index is 0.0607. The van der Waals surface area contributed by atoms with Crippen LogP contribution in [0.2, 0.25) is 5.02 Å². The first-order chi connectivity index (χ1) is 16.5. The molecule has 1 aromatic carbocycles. The number of allylic oxidation sites excluding steroid dienone is 1. The van der Waals surface area contributed by atoms with E-state index in [4.69, 9.17) is 16.3 Å². The number of halogens is 2. The molecule has 0 saturated carbocycles. The van der Waals surface area contributed by atoms with E-state index >= 15 is 0 Å². The Morgan fingerprint density at radius 3 is 2.91 bits per heavy atom. The van der Waals surface area contributed by atoms with Crippen LogP contribution < -0.4 is 9.64 Å². The maximum Gasteiger partial charge on any atom is 0.244 e. The second-order valence-electron chi connectivity index (χ2n) is 8.37. The zero-order valence-corrected chi connectivity index (χ0v) is 19.7. The van der Waals surface area contributed by atoms with E-state index in [0.29, 0.717) is 43.1 Å². The number of anilines is 1. The van der Waals surface area contributed by atoms with Gasteiger partial charge in [-0.25, -0.2) is 14.1 Å². The molecule has 34 heavy (non-hydrogen) atoms. The van der Waals surface area contributed by atoms with Gasteiger partial charge in [-0.1, -0.05) is 17.7 Å². The Morgan fingerprint density at radius 1 is 1.32 bits per heavy atom. The predicted molar refractivity (Wildman–Crippen MR) is 129 cm³/mol. The quantitative estimate of drug-likeness (QED) is 0.554. The van der Waals surface area contributed by atoms with Gasteiger partial charge in [0.2, 0.25) is 5.91 Å². The summed E-state index contributed by atoms with van der Waals surface area (Å²) >= 11 is 6.04. The van der Waals surface area contributed by atoms with Crippen LogP contribution in [-0.4, -0.2) is 64.1 Å². The average Bonchev–Trinajstić information content (AvgIpc) is 3.48.